The van der Waals surface area contributed by atoms with E-state index in [0.29, 0.717) is 16.7 Å². The highest BCUT2D eigenvalue weighted by atomic mass is 32.2. The van der Waals surface area contributed by atoms with Crippen molar-refractivity contribution in [1.82, 2.24) is 14.9 Å². The molecule has 0 saturated heterocycles. The van der Waals surface area contributed by atoms with Crippen LogP contribution in [0.1, 0.15) is 5.56 Å². The van der Waals surface area contributed by atoms with Crippen LogP contribution in [0.15, 0.2) is 58.2 Å². The molecular formula is C20H25B5N4O6S. The maximum Gasteiger partial charge on any atom is 0.270 e. The van der Waals surface area contributed by atoms with E-state index in [9.17, 15) is 8.42 Å². The van der Waals surface area contributed by atoms with Crippen LogP contribution in [-0.2, 0) is 15.4 Å². The number of nitrogens with zero attached hydrogens (tertiary/aromatic N) is 3. The van der Waals surface area contributed by atoms with Crippen molar-refractivity contribution in [2.75, 3.05) is 18.9 Å². The molecule has 0 fully saturated rings. The van der Waals surface area contributed by atoms with Gasteiger partial charge in [-0.15, -0.1) is 0 Å². The summed E-state index contributed by atoms with van der Waals surface area (Å²) >= 11 is 0. The number of rotatable bonds is 9. The molecule has 0 saturated carbocycles. The van der Waals surface area contributed by atoms with E-state index < -0.39 is 20.7 Å². The molecule has 2 aromatic carbocycles. The maximum absolute atomic E-state index is 13.5. The largest absolute Gasteiger partial charge is 0.513 e. The third-order valence-corrected chi connectivity index (χ3v) is 7.02. The Morgan fingerprint density at radius 3 is 2.22 bits per heavy atom. The second-order valence-electron chi connectivity index (χ2n) is 9.70. The Balaban J connectivity index is 1.87. The summed E-state index contributed by atoms with van der Waals surface area (Å²) in [6.07, 6.45) is 3.58. The number of fused-ring (bicyclic) bond motifs is 1. The summed E-state index contributed by atoms with van der Waals surface area (Å²) in [5, 5.41) is 7.68. The van der Waals surface area contributed by atoms with Crippen LogP contribution in [0.5, 0.6) is 17.2 Å². The fourth-order valence-corrected chi connectivity index (χ4v) is 5.19. The highest BCUT2D eigenvalue weighted by Gasteiger charge is 2.31. The molecule has 182 valence electrons. The van der Waals surface area contributed by atoms with Crippen molar-refractivity contribution < 1.29 is 27.2 Å². The molecule has 0 aliphatic heterocycles. The van der Waals surface area contributed by atoms with Crippen LogP contribution in [-0.4, -0.2) is 82.1 Å². The average Bonchev–Trinajstić information content (AvgIpc) is 3.48. The molecule has 16 heteroatoms. The molecule has 10 nitrogen and oxygen atoms in total. The summed E-state index contributed by atoms with van der Waals surface area (Å²) in [7, 11) is 8.32. The van der Waals surface area contributed by atoms with Gasteiger partial charge < -0.3 is 18.7 Å². The highest BCUT2D eigenvalue weighted by molar-refractivity contribution is 7.93. The van der Waals surface area contributed by atoms with Crippen molar-refractivity contribution in [3.8, 4) is 17.2 Å². The third-order valence-electron chi connectivity index (χ3n) is 5.62. The van der Waals surface area contributed by atoms with Gasteiger partial charge in [0.15, 0.2) is 16.3 Å². The number of nitrogens with one attached hydrogen (secondary N) is 1. The zero-order valence-corrected chi connectivity index (χ0v) is 22.1. The van der Waals surface area contributed by atoms with Gasteiger partial charge in [0.1, 0.15) is 61.9 Å². The molecule has 0 aliphatic rings. The van der Waals surface area contributed by atoms with Crippen molar-refractivity contribution >= 4 is 66.0 Å². The summed E-state index contributed by atoms with van der Waals surface area (Å²) < 4.78 is 53.7. The smallest absolute Gasteiger partial charge is 0.270 e. The topological polar surface area (TPSA) is 118 Å². The zero-order chi connectivity index (χ0) is 26.3. The fourth-order valence-electron chi connectivity index (χ4n) is 3.86. The van der Waals surface area contributed by atoms with Gasteiger partial charge in [0, 0.05) is 23.0 Å². The summed E-state index contributed by atoms with van der Waals surface area (Å²) in [5.74, 6) is 0.662. The lowest BCUT2D eigenvalue weighted by Gasteiger charge is -2.29. The van der Waals surface area contributed by atoms with Gasteiger partial charge in [-0.3, -0.25) is 9.40 Å². The van der Waals surface area contributed by atoms with Crippen LogP contribution < -0.4 is 18.9 Å². The van der Waals surface area contributed by atoms with E-state index in [1.807, 2.05) is 62.2 Å². The van der Waals surface area contributed by atoms with E-state index in [1.54, 1.807) is 18.3 Å². The molecule has 0 bridgehead atoms. The van der Waals surface area contributed by atoms with Crippen molar-refractivity contribution in [2.45, 2.75) is 15.5 Å². The molecule has 4 rings (SSSR count). The summed E-state index contributed by atoms with van der Waals surface area (Å²) in [4.78, 5) is -0.152. The predicted molar refractivity (Wildman–Crippen MR) is 150 cm³/mol. The van der Waals surface area contributed by atoms with E-state index in [0.717, 1.165) is 5.56 Å². The number of sulfonamides is 1. The van der Waals surface area contributed by atoms with Gasteiger partial charge in [-0.25, -0.2) is 8.42 Å². The SMILES string of the molecule is BC(B)(B)Oc1cc(C(B)(B)n2cccn2)cc2onc(NS(=O)(=O)c3c(OC)cccc3OC)c12. The van der Waals surface area contributed by atoms with Crippen molar-refractivity contribution in [3.63, 3.8) is 0 Å². The Morgan fingerprint density at radius 2 is 1.67 bits per heavy atom. The Hall–Kier alpha value is -3.41. The lowest BCUT2D eigenvalue weighted by molar-refractivity contribution is 0.322. The second kappa shape index (κ2) is 9.23. The molecule has 0 unspecified atom stereocenters. The van der Waals surface area contributed by atoms with E-state index in [2.05, 4.69) is 15.0 Å². The lowest BCUT2D eigenvalue weighted by atomic mass is 9.52. The first-order valence-electron chi connectivity index (χ1n) is 11.2. The van der Waals surface area contributed by atoms with Crippen molar-refractivity contribution in [2.24, 2.45) is 0 Å². The number of aromatic nitrogens is 3. The van der Waals surface area contributed by atoms with Gasteiger partial charge >= 0.3 is 0 Å². The van der Waals surface area contributed by atoms with E-state index in [-0.39, 0.29) is 22.2 Å². The summed E-state index contributed by atoms with van der Waals surface area (Å²) in [6.45, 7) is 0. The third kappa shape index (κ3) is 4.82. The van der Waals surface area contributed by atoms with Gasteiger partial charge in [0.25, 0.3) is 10.0 Å². The maximum atomic E-state index is 13.5. The number of methoxy groups -OCH3 is 2. The molecule has 0 radical (unpaired) electrons. The van der Waals surface area contributed by atoms with E-state index in [1.165, 1.54) is 26.4 Å². The fraction of sp³-hybridized carbons (Fsp3) is 0.200. The minimum absolute atomic E-state index is 0.0133. The van der Waals surface area contributed by atoms with Crippen LogP contribution >= 0.6 is 0 Å². The molecular weight excluding hydrogens is 478 g/mol. The number of benzene rings is 2. The highest BCUT2D eigenvalue weighted by Crippen LogP contribution is 2.40. The normalized spacial score (nSPS) is 12.4. The Bertz CT molecular complexity index is 1480. The second-order valence-corrected chi connectivity index (χ2v) is 11.3. The number of hydrogen-bond donors (Lipinski definition) is 1. The van der Waals surface area contributed by atoms with Crippen LogP contribution in [0.2, 0.25) is 0 Å². The quantitative estimate of drug-likeness (QED) is 0.253. The van der Waals surface area contributed by atoms with Crippen molar-refractivity contribution in [3.05, 3.63) is 54.4 Å². The minimum Gasteiger partial charge on any atom is -0.513 e. The molecule has 0 atom stereocenters. The van der Waals surface area contributed by atoms with Gasteiger partial charge in [0.05, 0.1) is 14.2 Å². The molecule has 4 aromatic rings. The predicted octanol–water partition coefficient (Wildman–Crippen LogP) is -2.34. The number of hydrogen-bond acceptors (Lipinski definition) is 8. The molecule has 0 amide bonds. The molecule has 1 N–H and O–H groups in total. The monoisotopic (exact) mass is 504 g/mol. The minimum atomic E-state index is -4.19. The Kier molecular flexibility index (Phi) is 6.59. The van der Waals surface area contributed by atoms with Gasteiger partial charge in [-0.2, -0.15) is 5.10 Å². The standard InChI is InChI=1S/C20H25B5N4O6S/c1-32-12-5-3-6-13(33-2)17(12)36(30,31)28-18-16-14(34-20(23,24)25)9-11(10-15(16)35-27-18)19(21,22)29-8-4-7-26-29/h3-10H,21-25H2,1-2H3,(H,27,28). The first-order valence-corrected chi connectivity index (χ1v) is 12.7. The van der Waals surface area contributed by atoms with Crippen LogP contribution in [0.25, 0.3) is 11.0 Å². The summed E-state index contributed by atoms with van der Waals surface area (Å²) in [5.41, 5.74) is 1.20. The lowest BCUT2D eigenvalue weighted by Crippen LogP contribution is -2.38. The van der Waals surface area contributed by atoms with Gasteiger partial charge in [-0.1, -0.05) is 11.2 Å². The van der Waals surface area contributed by atoms with Crippen molar-refractivity contribution in [1.29, 1.82) is 0 Å². The average molecular weight is 504 g/mol. The van der Waals surface area contributed by atoms with Gasteiger partial charge in [-0.05, 0) is 35.9 Å². The van der Waals surface area contributed by atoms with E-state index >= 15 is 0 Å². The molecule has 0 spiro atoms. The number of anilines is 1. The summed E-state index contributed by atoms with van der Waals surface area (Å²) in [6, 6.07) is 10.2. The van der Waals surface area contributed by atoms with Crippen LogP contribution in [0.3, 0.4) is 0 Å². The number of ether oxygens (including phenoxy) is 3. The molecule has 36 heavy (non-hydrogen) atoms. The molecule has 2 aromatic heterocycles. The van der Waals surface area contributed by atoms with Crippen LogP contribution in [0.4, 0.5) is 5.82 Å². The van der Waals surface area contributed by atoms with E-state index in [4.69, 9.17) is 18.7 Å². The first kappa shape index (κ1) is 25.7. The Morgan fingerprint density at radius 1 is 1.00 bits per heavy atom. The Labute approximate surface area is 214 Å². The first-order chi connectivity index (χ1) is 16.9. The molecule has 0 aliphatic carbocycles. The zero-order valence-electron chi connectivity index (χ0n) is 21.3. The van der Waals surface area contributed by atoms with Crippen LogP contribution in [0, 0.1) is 0 Å². The molecule has 2 heterocycles. The van der Waals surface area contributed by atoms with Gasteiger partial charge in [0.2, 0.25) is 0 Å².